The average Bonchev–Trinajstić information content (AvgIpc) is 2.64. The number of ketones is 1. The van der Waals surface area contributed by atoms with E-state index in [1.54, 1.807) is 0 Å². The van der Waals surface area contributed by atoms with Crippen LogP contribution in [0.3, 0.4) is 0 Å². The van der Waals surface area contributed by atoms with Crippen LogP contribution in [0.2, 0.25) is 0 Å². The van der Waals surface area contributed by atoms with Gasteiger partial charge in [-0.3, -0.25) is 9.59 Å². The third-order valence-electron chi connectivity index (χ3n) is 3.73. The number of carbonyl (C=O) groups excluding carboxylic acids is 1. The lowest BCUT2D eigenvalue weighted by atomic mass is 9.86. The van der Waals surface area contributed by atoms with Crippen LogP contribution in [-0.4, -0.2) is 21.4 Å². The Bertz CT molecular complexity index is 669. The van der Waals surface area contributed by atoms with Gasteiger partial charge in [0.1, 0.15) is 0 Å². The minimum Gasteiger partial charge on any atom is -0.481 e. The van der Waals surface area contributed by atoms with Crippen LogP contribution in [0.4, 0.5) is 0 Å². The second kappa shape index (κ2) is 3.70. The van der Waals surface area contributed by atoms with Crippen LogP contribution < -0.4 is 0 Å². The lowest BCUT2D eigenvalue weighted by Crippen LogP contribution is -2.27. The van der Waals surface area contributed by atoms with E-state index >= 15 is 0 Å². The fourth-order valence-electron chi connectivity index (χ4n) is 2.80. The fourth-order valence-corrected chi connectivity index (χ4v) is 2.80. The SMILES string of the molecule is Cn1c2c(c3ccccc31)C(=O)CC(C(=O)O)C2. The number of benzene rings is 1. The van der Waals surface area contributed by atoms with E-state index in [0.717, 1.165) is 16.6 Å². The summed E-state index contributed by atoms with van der Waals surface area (Å²) in [5.74, 6) is -1.53. The van der Waals surface area contributed by atoms with Crippen molar-refractivity contribution < 1.29 is 14.7 Å². The predicted molar refractivity (Wildman–Crippen MR) is 66.7 cm³/mol. The standard InChI is InChI=1S/C14H13NO3/c1-15-10-5-3-2-4-9(10)13-11(15)6-8(14(17)18)7-12(13)16/h2-5,8H,6-7H2,1H3,(H,17,18). The first kappa shape index (κ1) is 11.0. The molecule has 1 unspecified atom stereocenters. The molecule has 0 saturated carbocycles. The van der Waals surface area contributed by atoms with Gasteiger partial charge in [-0.1, -0.05) is 18.2 Å². The zero-order chi connectivity index (χ0) is 12.9. The smallest absolute Gasteiger partial charge is 0.307 e. The second-order valence-electron chi connectivity index (χ2n) is 4.76. The molecule has 0 radical (unpaired) electrons. The van der Waals surface area contributed by atoms with Crippen LogP contribution in [0, 0.1) is 5.92 Å². The molecule has 1 N–H and O–H groups in total. The number of aromatic nitrogens is 1. The highest BCUT2D eigenvalue weighted by molar-refractivity contribution is 6.11. The average molecular weight is 243 g/mol. The van der Waals surface area contributed by atoms with E-state index in [4.69, 9.17) is 5.11 Å². The van der Waals surface area contributed by atoms with Crippen molar-refractivity contribution in [3.63, 3.8) is 0 Å². The minimum atomic E-state index is -0.890. The molecule has 0 aliphatic heterocycles. The largest absolute Gasteiger partial charge is 0.481 e. The number of fused-ring (bicyclic) bond motifs is 3. The summed E-state index contributed by atoms with van der Waals surface area (Å²) >= 11 is 0. The molecular formula is C14H13NO3. The third-order valence-corrected chi connectivity index (χ3v) is 3.73. The van der Waals surface area contributed by atoms with Crippen molar-refractivity contribution in [3.8, 4) is 0 Å². The monoisotopic (exact) mass is 243 g/mol. The molecule has 4 heteroatoms. The highest BCUT2D eigenvalue weighted by Gasteiger charge is 2.33. The zero-order valence-electron chi connectivity index (χ0n) is 10.0. The summed E-state index contributed by atoms with van der Waals surface area (Å²) in [6, 6.07) is 7.70. The summed E-state index contributed by atoms with van der Waals surface area (Å²) in [5, 5.41) is 10.0. The van der Waals surface area contributed by atoms with Gasteiger partial charge in [-0.2, -0.15) is 0 Å². The number of nitrogens with zero attached hydrogens (tertiary/aromatic N) is 1. The van der Waals surface area contributed by atoms with Crippen LogP contribution in [0.15, 0.2) is 24.3 Å². The molecule has 0 spiro atoms. The fraction of sp³-hybridized carbons (Fsp3) is 0.286. The lowest BCUT2D eigenvalue weighted by Gasteiger charge is -2.19. The Morgan fingerprint density at radius 2 is 2.06 bits per heavy atom. The van der Waals surface area contributed by atoms with Crippen molar-refractivity contribution in [1.82, 2.24) is 4.57 Å². The molecule has 0 fully saturated rings. The quantitative estimate of drug-likeness (QED) is 0.833. The van der Waals surface area contributed by atoms with Crippen molar-refractivity contribution in [2.24, 2.45) is 13.0 Å². The van der Waals surface area contributed by atoms with Crippen LogP contribution >= 0.6 is 0 Å². The number of hydrogen-bond donors (Lipinski definition) is 1. The van der Waals surface area contributed by atoms with E-state index in [9.17, 15) is 9.59 Å². The molecule has 1 aromatic heterocycles. The van der Waals surface area contributed by atoms with Crippen molar-refractivity contribution in [1.29, 1.82) is 0 Å². The zero-order valence-corrected chi connectivity index (χ0v) is 10.0. The van der Waals surface area contributed by atoms with E-state index in [1.165, 1.54) is 0 Å². The molecule has 1 atom stereocenters. The van der Waals surface area contributed by atoms with E-state index in [-0.39, 0.29) is 12.2 Å². The van der Waals surface area contributed by atoms with Gasteiger partial charge in [0.05, 0.1) is 5.92 Å². The normalized spacial score (nSPS) is 18.9. The first-order valence-corrected chi connectivity index (χ1v) is 5.92. The van der Waals surface area contributed by atoms with Crippen molar-refractivity contribution in [2.45, 2.75) is 12.8 Å². The van der Waals surface area contributed by atoms with Crippen LogP contribution in [-0.2, 0) is 18.3 Å². The molecule has 1 heterocycles. The minimum absolute atomic E-state index is 0.0551. The highest BCUT2D eigenvalue weighted by atomic mass is 16.4. The topological polar surface area (TPSA) is 59.3 Å². The predicted octanol–water partition coefficient (Wildman–Crippen LogP) is 2.01. The number of rotatable bonds is 1. The summed E-state index contributed by atoms with van der Waals surface area (Å²) in [7, 11) is 1.89. The summed E-state index contributed by atoms with van der Waals surface area (Å²) in [5.41, 5.74) is 2.55. The molecule has 3 rings (SSSR count). The molecule has 1 aliphatic rings. The first-order valence-electron chi connectivity index (χ1n) is 5.92. The van der Waals surface area contributed by atoms with Gasteiger partial charge < -0.3 is 9.67 Å². The van der Waals surface area contributed by atoms with E-state index in [0.29, 0.717) is 12.0 Å². The number of carbonyl (C=O) groups is 2. The maximum atomic E-state index is 12.2. The Morgan fingerprint density at radius 3 is 2.78 bits per heavy atom. The van der Waals surface area contributed by atoms with Crippen LogP contribution in [0.25, 0.3) is 10.9 Å². The molecular weight excluding hydrogens is 230 g/mol. The van der Waals surface area contributed by atoms with Gasteiger partial charge in [0, 0.05) is 42.0 Å². The molecule has 2 aromatic rings. The second-order valence-corrected chi connectivity index (χ2v) is 4.76. The van der Waals surface area contributed by atoms with Crippen LogP contribution in [0.5, 0.6) is 0 Å². The number of hydrogen-bond acceptors (Lipinski definition) is 2. The molecule has 1 aromatic carbocycles. The molecule has 0 saturated heterocycles. The Morgan fingerprint density at radius 1 is 1.33 bits per heavy atom. The van der Waals surface area contributed by atoms with Gasteiger partial charge in [-0.05, 0) is 6.07 Å². The van der Waals surface area contributed by atoms with Gasteiger partial charge in [-0.15, -0.1) is 0 Å². The van der Waals surface area contributed by atoms with Crippen molar-refractivity contribution in [3.05, 3.63) is 35.5 Å². The van der Waals surface area contributed by atoms with Gasteiger partial charge in [0.25, 0.3) is 0 Å². The van der Waals surface area contributed by atoms with Gasteiger partial charge >= 0.3 is 5.97 Å². The Balaban J connectivity index is 2.26. The number of Topliss-reactive ketones (excluding diaryl/α,β-unsaturated/α-hetero) is 1. The molecule has 1 aliphatic carbocycles. The van der Waals surface area contributed by atoms with Gasteiger partial charge in [0.2, 0.25) is 0 Å². The Labute approximate surface area is 104 Å². The molecule has 4 nitrogen and oxygen atoms in total. The number of carboxylic acid groups (broad SMARTS) is 1. The molecule has 0 amide bonds. The lowest BCUT2D eigenvalue weighted by molar-refractivity contribution is -0.141. The number of carboxylic acids is 1. The van der Waals surface area contributed by atoms with Crippen molar-refractivity contribution in [2.75, 3.05) is 0 Å². The number of aryl methyl sites for hydroxylation is 1. The number of aliphatic carboxylic acids is 1. The van der Waals surface area contributed by atoms with Gasteiger partial charge in [-0.25, -0.2) is 0 Å². The van der Waals surface area contributed by atoms with E-state index in [2.05, 4.69) is 0 Å². The highest BCUT2D eigenvalue weighted by Crippen LogP contribution is 2.33. The van der Waals surface area contributed by atoms with Gasteiger partial charge in [0.15, 0.2) is 5.78 Å². The Hall–Kier alpha value is -2.10. The summed E-state index contributed by atoms with van der Waals surface area (Å²) in [6.07, 6.45) is 0.540. The van der Waals surface area contributed by atoms with E-state index in [1.807, 2.05) is 35.9 Å². The first-order chi connectivity index (χ1) is 8.59. The molecule has 18 heavy (non-hydrogen) atoms. The van der Waals surface area contributed by atoms with Crippen LogP contribution in [0.1, 0.15) is 22.5 Å². The maximum absolute atomic E-state index is 12.2. The summed E-state index contributed by atoms with van der Waals surface area (Å²) in [4.78, 5) is 23.2. The molecule has 92 valence electrons. The summed E-state index contributed by atoms with van der Waals surface area (Å²) < 4.78 is 1.94. The number of para-hydroxylation sites is 1. The summed E-state index contributed by atoms with van der Waals surface area (Å²) in [6.45, 7) is 0. The van der Waals surface area contributed by atoms with E-state index < -0.39 is 11.9 Å². The molecule has 0 bridgehead atoms. The Kier molecular flexibility index (Phi) is 2.26. The maximum Gasteiger partial charge on any atom is 0.307 e. The third kappa shape index (κ3) is 1.38. The van der Waals surface area contributed by atoms with Crippen molar-refractivity contribution >= 4 is 22.7 Å².